The molecule has 2 N–H and O–H groups in total. The van der Waals surface area contributed by atoms with E-state index in [2.05, 4.69) is 21.8 Å². The number of aryl methyl sites for hydroxylation is 1. The highest BCUT2D eigenvalue weighted by molar-refractivity contribution is 6.22. The molecule has 10 heteroatoms. The van der Waals surface area contributed by atoms with Crippen LogP contribution in [0.1, 0.15) is 23.1 Å². The van der Waals surface area contributed by atoms with Crippen LogP contribution in [0.15, 0.2) is 71.7 Å². The number of carbonyl (C=O) groups excluding carboxylic acids is 2. The van der Waals surface area contributed by atoms with E-state index >= 15 is 0 Å². The van der Waals surface area contributed by atoms with E-state index in [1.165, 1.54) is 19.2 Å². The van der Waals surface area contributed by atoms with Gasteiger partial charge in [0.1, 0.15) is 5.82 Å². The number of H-pyrrole nitrogens is 1. The fourth-order valence-corrected chi connectivity index (χ4v) is 5.21. The number of fused-ring (bicyclic) bond motifs is 1. The predicted octanol–water partition coefficient (Wildman–Crippen LogP) is 4.50. The molecule has 0 saturated carbocycles. The van der Waals surface area contributed by atoms with Gasteiger partial charge >= 0.3 is 5.97 Å². The SMILES string of the molecule is COC(=O)CCc1cccc(C(=Nc2ccc(N(C)C(=O)CN3CCN(C)CC3)cc2)c2c(O)[nH]c3cc(F)ccc23)c1. The van der Waals surface area contributed by atoms with Gasteiger partial charge in [-0.2, -0.15) is 0 Å². The van der Waals surface area contributed by atoms with Crippen LogP contribution in [-0.2, 0) is 20.7 Å². The van der Waals surface area contributed by atoms with Gasteiger partial charge in [0, 0.05) is 56.3 Å². The number of methoxy groups -OCH3 is 1. The minimum atomic E-state index is -0.425. The molecule has 1 saturated heterocycles. The maximum atomic E-state index is 14.0. The summed E-state index contributed by atoms with van der Waals surface area (Å²) in [7, 11) is 5.21. The zero-order valence-corrected chi connectivity index (χ0v) is 24.6. The molecule has 5 rings (SSSR count). The Hall–Kier alpha value is -4.54. The van der Waals surface area contributed by atoms with E-state index in [0.717, 1.165) is 37.4 Å². The fraction of sp³-hybridized carbons (Fsp3) is 0.303. The Balaban J connectivity index is 1.46. The number of likely N-dealkylation sites (N-methyl/N-ethyl adjacent to an activating group) is 2. The van der Waals surface area contributed by atoms with Crippen molar-refractivity contribution in [3.63, 3.8) is 0 Å². The van der Waals surface area contributed by atoms with Gasteiger partial charge in [0.05, 0.1) is 36.1 Å². The molecule has 2 heterocycles. The van der Waals surface area contributed by atoms with E-state index < -0.39 is 5.82 Å². The summed E-state index contributed by atoms with van der Waals surface area (Å²) in [6, 6.07) is 19.2. The lowest BCUT2D eigenvalue weighted by atomic mass is 9.97. The van der Waals surface area contributed by atoms with Gasteiger partial charge in [-0.3, -0.25) is 14.5 Å². The number of aromatic hydroxyl groups is 1. The van der Waals surface area contributed by atoms with Crippen molar-refractivity contribution in [2.75, 3.05) is 58.8 Å². The summed E-state index contributed by atoms with van der Waals surface area (Å²) in [6.07, 6.45) is 0.703. The average Bonchev–Trinajstić information content (AvgIpc) is 3.34. The average molecular weight is 586 g/mol. The van der Waals surface area contributed by atoms with E-state index in [1.54, 1.807) is 18.0 Å². The molecule has 3 aromatic carbocycles. The molecule has 1 aromatic heterocycles. The zero-order valence-electron chi connectivity index (χ0n) is 24.6. The predicted molar refractivity (Wildman–Crippen MR) is 166 cm³/mol. The number of aliphatic imine (C=N–C) groups is 1. The maximum Gasteiger partial charge on any atom is 0.305 e. The van der Waals surface area contributed by atoms with Crippen LogP contribution in [0.2, 0.25) is 0 Å². The first-order valence-corrected chi connectivity index (χ1v) is 14.2. The number of aromatic amines is 1. The zero-order chi connectivity index (χ0) is 30.5. The monoisotopic (exact) mass is 585 g/mol. The second kappa shape index (κ2) is 13.2. The molecule has 0 spiro atoms. The number of amides is 1. The molecule has 0 unspecified atom stereocenters. The molecule has 0 radical (unpaired) electrons. The van der Waals surface area contributed by atoms with Gasteiger partial charge in [0.15, 0.2) is 5.88 Å². The highest BCUT2D eigenvalue weighted by Gasteiger charge is 2.21. The lowest BCUT2D eigenvalue weighted by Gasteiger charge is -2.32. The third-order valence-electron chi connectivity index (χ3n) is 7.83. The summed E-state index contributed by atoms with van der Waals surface area (Å²) in [5.74, 6) is -0.848. The first-order chi connectivity index (χ1) is 20.7. The first kappa shape index (κ1) is 29.9. The number of esters is 1. The standard InChI is InChI=1S/C33H36FN5O4/c1-37-15-17-39(18-16-37)21-29(40)38(2)26-11-9-25(10-12-26)35-32(23-6-4-5-22(19-23)7-14-30(41)43-3)31-27-13-8-24(34)20-28(27)36-33(31)42/h4-6,8-13,19-20,36,42H,7,14-18,21H2,1-3H3. The Morgan fingerprint density at radius 1 is 1.05 bits per heavy atom. The van der Waals surface area contributed by atoms with Gasteiger partial charge in [-0.25, -0.2) is 9.38 Å². The number of rotatable bonds is 9. The second-order valence-corrected chi connectivity index (χ2v) is 10.8. The molecule has 1 aliphatic heterocycles. The van der Waals surface area contributed by atoms with E-state index in [9.17, 15) is 19.1 Å². The van der Waals surface area contributed by atoms with Gasteiger partial charge in [0.2, 0.25) is 5.91 Å². The summed E-state index contributed by atoms with van der Waals surface area (Å²) in [5.41, 5.74) is 4.32. The van der Waals surface area contributed by atoms with Gasteiger partial charge in [-0.1, -0.05) is 18.2 Å². The van der Waals surface area contributed by atoms with Crippen molar-refractivity contribution >= 4 is 39.9 Å². The molecule has 4 aromatic rings. The molecular formula is C33H36FN5O4. The van der Waals surface area contributed by atoms with Crippen LogP contribution in [0.4, 0.5) is 15.8 Å². The van der Waals surface area contributed by atoms with Crippen LogP contribution in [0, 0.1) is 5.82 Å². The van der Waals surface area contributed by atoms with Crippen molar-refractivity contribution in [2.24, 2.45) is 4.99 Å². The number of hydrogen-bond acceptors (Lipinski definition) is 7. The minimum absolute atomic E-state index is 0.0150. The molecule has 0 aliphatic carbocycles. The third kappa shape index (κ3) is 7.10. The lowest BCUT2D eigenvalue weighted by Crippen LogP contribution is -2.48. The van der Waals surface area contributed by atoms with Crippen LogP contribution in [0.5, 0.6) is 5.88 Å². The summed E-state index contributed by atoms with van der Waals surface area (Å²) in [6.45, 7) is 3.98. The Labute approximate surface area is 250 Å². The smallest absolute Gasteiger partial charge is 0.305 e. The topological polar surface area (TPSA) is 101 Å². The Morgan fingerprint density at radius 3 is 2.51 bits per heavy atom. The normalized spacial score (nSPS) is 14.7. The molecule has 9 nitrogen and oxygen atoms in total. The van der Waals surface area contributed by atoms with E-state index in [4.69, 9.17) is 9.73 Å². The highest BCUT2D eigenvalue weighted by atomic mass is 19.1. The van der Waals surface area contributed by atoms with Gasteiger partial charge in [-0.05, 0) is 67.6 Å². The van der Waals surface area contributed by atoms with Crippen molar-refractivity contribution in [3.05, 3.63) is 89.2 Å². The highest BCUT2D eigenvalue weighted by Crippen LogP contribution is 2.32. The fourth-order valence-electron chi connectivity index (χ4n) is 5.21. The largest absolute Gasteiger partial charge is 0.494 e. The quantitative estimate of drug-likeness (QED) is 0.222. The Bertz CT molecular complexity index is 1640. The first-order valence-electron chi connectivity index (χ1n) is 14.2. The molecular weight excluding hydrogens is 549 g/mol. The molecule has 1 aliphatic rings. The molecule has 0 atom stereocenters. The van der Waals surface area contributed by atoms with Gasteiger partial charge in [-0.15, -0.1) is 0 Å². The van der Waals surface area contributed by atoms with E-state index in [-0.39, 0.29) is 24.2 Å². The molecule has 1 fully saturated rings. The Kier molecular flexibility index (Phi) is 9.18. The molecule has 1 amide bonds. The third-order valence-corrected chi connectivity index (χ3v) is 7.83. The summed E-state index contributed by atoms with van der Waals surface area (Å²) >= 11 is 0. The lowest BCUT2D eigenvalue weighted by molar-refractivity contribution is -0.140. The number of carbonyl (C=O) groups is 2. The number of aromatic nitrogens is 1. The number of piperazine rings is 1. The van der Waals surface area contributed by atoms with Gasteiger partial charge < -0.3 is 24.6 Å². The van der Waals surface area contributed by atoms with Crippen LogP contribution in [0.3, 0.4) is 0 Å². The maximum absolute atomic E-state index is 14.0. The number of hydrogen-bond donors (Lipinski definition) is 2. The van der Waals surface area contributed by atoms with E-state index in [1.807, 2.05) is 48.5 Å². The number of anilines is 1. The van der Waals surface area contributed by atoms with Crippen molar-refractivity contribution in [3.8, 4) is 5.88 Å². The number of nitrogens with zero attached hydrogens (tertiary/aromatic N) is 4. The summed E-state index contributed by atoms with van der Waals surface area (Å²) in [4.78, 5) is 38.6. The van der Waals surface area contributed by atoms with Crippen LogP contribution in [0.25, 0.3) is 10.9 Å². The van der Waals surface area contributed by atoms with E-state index in [0.29, 0.717) is 46.4 Å². The Morgan fingerprint density at radius 2 is 1.79 bits per heavy atom. The van der Waals surface area contributed by atoms with Crippen LogP contribution in [-0.4, -0.2) is 91.4 Å². The molecule has 224 valence electrons. The summed E-state index contributed by atoms with van der Waals surface area (Å²) in [5, 5.41) is 11.6. The number of halogens is 1. The molecule has 43 heavy (non-hydrogen) atoms. The van der Waals surface area contributed by atoms with Crippen molar-refractivity contribution in [2.45, 2.75) is 12.8 Å². The number of nitrogens with one attached hydrogen (secondary N) is 1. The summed E-state index contributed by atoms with van der Waals surface area (Å²) < 4.78 is 18.8. The van der Waals surface area contributed by atoms with Crippen molar-refractivity contribution < 1.29 is 23.8 Å². The number of benzene rings is 3. The van der Waals surface area contributed by atoms with Crippen LogP contribution < -0.4 is 4.90 Å². The van der Waals surface area contributed by atoms with Gasteiger partial charge in [0.25, 0.3) is 0 Å². The second-order valence-electron chi connectivity index (χ2n) is 10.8. The van der Waals surface area contributed by atoms with Crippen molar-refractivity contribution in [1.82, 2.24) is 14.8 Å². The molecule has 0 bridgehead atoms. The van der Waals surface area contributed by atoms with Crippen molar-refractivity contribution in [1.29, 1.82) is 0 Å². The number of ether oxygens (including phenoxy) is 1. The van der Waals surface area contributed by atoms with Crippen LogP contribution >= 0.6 is 0 Å². The minimum Gasteiger partial charge on any atom is -0.494 e.